The highest BCUT2D eigenvalue weighted by Crippen LogP contribution is 2.31. The molecule has 0 saturated heterocycles. The average molecular weight is 392 g/mol. The number of aromatic nitrogens is 2. The summed E-state index contributed by atoms with van der Waals surface area (Å²) in [6, 6.07) is 12.5. The van der Waals surface area contributed by atoms with Crippen molar-refractivity contribution in [3.63, 3.8) is 0 Å². The Morgan fingerprint density at radius 2 is 2.07 bits per heavy atom. The minimum atomic E-state index is -0.507. The maximum absolute atomic E-state index is 14.2. The summed E-state index contributed by atoms with van der Waals surface area (Å²) in [4.78, 5) is 13.6. The minimum Gasteiger partial charge on any atom is -0.338 e. The van der Waals surface area contributed by atoms with Crippen molar-refractivity contribution < 1.29 is 13.6 Å². The van der Waals surface area contributed by atoms with Gasteiger partial charge in [0, 0.05) is 48.8 Å². The first-order valence-corrected chi connectivity index (χ1v) is 9.25. The quantitative estimate of drug-likeness (QED) is 0.684. The van der Waals surface area contributed by atoms with Crippen LogP contribution in [-0.2, 0) is 24.3 Å². The average Bonchev–Trinajstić information content (AvgIpc) is 3.08. The summed E-state index contributed by atoms with van der Waals surface area (Å²) in [5.74, 6) is -1.03. The summed E-state index contributed by atoms with van der Waals surface area (Å²) in [6.07, 6.45) is 0.566. The molecule has 0 unspecified atom stereocenters. The number of rotatable bonds is 3. The Balaban J connectivity index is 1.82. The Bertz CT molecular complexity index is 1150. The van der Waals surface area contributed by atoms with Gasteiger partial charge in [-0.1, -0.05) is 12.1 Å². The van der Waals surface area contributed by atoms with Crippen molar-refractivity contribution in [1.82, 2.24) is 14.7 Å². The van der Waals surface area contributed by atoms with Crippen LogP contribution in [0.3, 0.4) is 0 Å². The van der Waals surface area contributed by atoms with E-state index >= 15 is 0 Å². The molecule has 3 aromatic rings. The molecule has 7 heteroatoms. The number of carbonyl (C=O) groups excluding carboxylic acids is 1. The Morgan fingerprint density at radius 1 is 1.24 bits per heavy atom. The first-order valence-electron chi connectivity index (χ1n) is 9.25. The molecule has 146 valence electrons. The molecule has 0 spiro atoms. The van der Waals surface area contributed by atoms with Gasteiger partial charge in [0.1, 0.15) is 11.6 Å². The molecule has 1 amide bonds. The molecule has 0 aliphatic carbocycles. The van der Waals surface area contributed by atoms with E-state index < -0.39 is 11.6 Å². The Hall–Kier alpha value is -3.53. The van der Waals surface area contributed by atoms with Crippen LogP contribution in [0.5, 0.6) is 0 Å². The zero-order valence-corrected chi connectivity index (χ0v) is 15.8. The Kier molecular flexibility index (Phi) is 4.85. The second-order valence-electron chi connectivity index (χ2n) is 7.05. The maximum Gasteiger partial charge on any atom is 0.219 e. The third kappa shape index (κ3) is 3.61. The lowest BCUT2D eigenvalue weighted by molar-refractivity contribution is -0.129. The van der Waals surface area contributed by atoms with Crippen molar-refractivity contribution in [3.8, 4) is 17.3 Å². The van der Waals surface area contributed by atoms with Crippen molar-refractivity contribution in [1.29, 1.82) is 5.26 Å². The fourth-order valence-electron chi connectivity index (χ4n) is 3.68. The van der Waals surface area contributed by atoms with Gasteiger partial charge in [-0.2, -0.15) is 10.4 Å². The van der Waals surface area contributed by atoms with Crippen molar-refractivity contribution in [2.45, 2.75) is 26.4 Å². The van der Waals surface area contributed by atoms with Crippen LogP contribution < -0.4 is 0 Å². The van der Waals surface area contributed by atoms with Gasteiger partial charge in [0.15, 0.2) is 0 Å². The normalized spacial score (nSPS) is 13.1. The van der Waals surface area contributed by atoms with Crippen LogP contribution in [0, 0.1) is 23.0 Å². The molecule has 0 N–H and O–H groups in total. The van der Waals surface area contributed by atoms with E-state index in [2.05, 4.69) is 11.2 Å². The number of carbonyl (C=O) groups is 1. The van der Waals surface area contributed by atoms with E-state index in [1.165, 1.54) is 13.0 Å². The van der Waals surface area contributed by atoms with Gasteiger partial charge in [-0.25, -0.2) is 8.78 Å². The molecule has 1 aliphatic heterocycles. The maximum atomic E-state index is 14.2. The van der Waals surface area contributed by atoms with E-state index in [4.69, 9.17) is 0 Å². The van der Waals surface area contributed by atoms with Gasteiger partial charge in [0.2, 0.25) is 5.91 Å². The second-order valence-corrected chi connectivity index (χ2v) is 7.05. The summed E-state index contributed by atoms with van der Waals surface area (Å²) in [5, 5.41) is 13.9. The van der Waals surface area contributed by atoms with Crippen LogP contribution in [-0.4, -0.2) is 27.1 Å². The molecule has 29 heavy (non-hydrogen) atoms. The molecule has 0 bridgehead atoms. The summed E-state index contributed by atoms with van der Waals surface area (Å²) in [5.41, 5.74) is 3.88. The number of halogens is 2. The molecule has 5 nitrogen and oxygen atoms in total. The first-order chi connectivity index (χ1) is 14.0. The monoisotopic (exact) mass is 392 g/mol. The van der Waals surface area contributed by atoms with Crippen molar-refractivity contribution in [3.05, 3.63) is 76.5 Å². The van der Waals surface area contributed by atoms with Gasteiger partial charge < -0.3 is 4.90 Å². The zero-order chi connectivity index (χ0) is 20.5. The minimum absolute atomic E-state index is 0.0312. The van der Waals surface area contributed by atoms with Crippen LogP contribution in [0.4, 0.5) is 8.78 Å². The third-order valence-electron chi connectivity index (χ3n) is 5.17. The van der Waals surface area contributed by atoms with Gasteiger partial charge >= 0.3 is 0 Å². The predicted molar refractivity (Wildman–Crippen MR) is 103 cm³/mol. The fraction of sp³-hybridized carbons (Fsp3) is 0.227. The first kappa shape index (κ1) is 18.8. The fourth-order valence-corrected chi connectivity index (χ4v) is 3.68. The number of amides is 1. The molecule has 2 heterocycles. The van der Waals surface area contributed by atoms with E-state index in [-0.39, 0.29) is 18.0 Å². The van der Waals surface area contributed by atoms with Crippen LogP contribution in [0.2, 0.25) is 0 Å². The summed E-state index contributed by atoms with van der Waals surface area (Å²) in [6.45, 7) is 2.54. The van der Waals surface area contributed by atoms with E-state index in [1.54, 1.807) is 27.8 Å². The summed E-state index contributed by atoms with van der Waals surface area (Å²) < 4.78 is 29.5. The van der Waals surface area contributed by atoms with Crippen LogP contribution in [0.25, 0.3) is 11.3 Å². The number of benzene rings is 2. The topological polar surface area (TPSA) is 61.9 Å². The zero-order valence-electron chi connectivity index (χ0n) is 15.8. The largest absolute Gasteiger partial charge is 0.338 e. The highest BCUT2D eigenvalue weighted by Gasteiger charge is 2.27. The number of hydrogen-bond acceptors (Lipinski definition) is 3. The second kappa shape index (κ2) is 7.47. The van der Waals surface area contributed by atoms with Crippen LogP contribution in [0.15, 0.2) is 42.5 Å². The predicted octanol–water partition coefficient (Wildman–Crippen LogP) is 3.65. The smallest absolute Gasteiger partial charge is 0.219 e. The number of nitriles is 1. The highest BCUT2D eigenvalue weighted by molar-refractivity contribution is 5.75. The van der Waals surface area contributed by atoms with Crippen molar-refractivity contribution >= 4 is 5.91 Å². The van der Waals surface area contributed by atoms with Gasteiger partial charge in [-0.15, -0.1) is 0 Å². The Labute approximate surface area is 166 Å². The van der Waals surface area contributed by atoms with Gasteiger partial charge in [0.05, 0.1) is 23.9 Å². The van der Waals surface area contributed by atoms with Crippen LogP contribution in [0.1, 0.15) is 29.3 Å². The highest BCUT2D eigenvalue weighted by atomic mass is 19.1. The lowest BCUT2D eigenvalue weighted by Crippen LogP contribution is -2.34. The molecular formula is C22H18F2N4O. The molecule has 1 aliphatic rings. The van der Waals surface area contributed by atoms with E-state index in [1.807, 2.05) is 6.07 Å². The lowest BCUT2D eigenvalue weighted by atomic mass is 9.99. The van der Waals surface area contributed by atoms with Gasteiger partial charge in [-0.05, 0) is 30.3 Å². The van der Waals surface area contributed by atoms with E-state index in [9.17, 15) is 18.8 Å². The van der Waals surface area contributed by atoms with E-state index in [0.29, 0.717) is 30.8 Å². The molecule has 0 atom stereocenters. The summed E-state index contributed by atoms with van der Waals surface area (Å²) in [7, 11) is 0. The number of fused-ring (bicyclic) bond motifs is 1. The molecule has 4 rings (SSSR count). The standard InChI is InChI=1S/C22H18F2N4O/c1-14(29)27-8-7-21-19(13-27)22(16-4-2-3-15(9-16)11-25)26-28(21)12-17-10-18(23)5-6-20(17)24/h2-6,9-10H,7-8,12-13H2,1H3. The number of hydrogen-bond donors (Lipinski definition) is 0. The van der Waals surface area contributed by atoms with E-state index in [0.717, 1.165) is 29.0 Å². The molecule has 0 saturated carbocycles. The van der Waals surface area contributed by atoms with Crippen LogP contribution >= 0.6 is 0 Å². The molecule has 0 fully saturated rings. The lowest BCUT2D eigenvalue weighted by Gasteiger charge is -2.27. The SMILES string of the molecule is CC(=O)N1CCc2c(c(-c3cccc(C#N)c3)nn2Cc2cc(F)ccc2F)C1. The Morgan fingerprint density at radius 3 is 2.83 bits per heavy atom. The summed E-state index contributed by atoms with van der Waals surface area (Å²) >= 11 is 0. The molecule has 0 radical (unpaired) electrons. The number of nitrogens with zero attached hydrogens (tertiary/aromatic N) is 4. The molecule has 1 aromatic heterocycles. The van der Waals surface area contributed by atoms with Gasteiger partial charge in [0.25, 0.3) is 0 Å². The molecular weight excluding hydrogens is 374 g/mol. The van der Waals surface area contributed by atoms with Gasteiger partial charge in [-0.3, -0.25) is 9.48 Å². The van der Waals surface area contributed by atoms with Crippen molar-refractivity contribution in [2.24, 2.45) is 0 Å². The third-order valence-corrected chi connectivity index (χ3v) is 5.17. The molecule has 2 aromatic carbocycles. The van der Waals surface area contributed by atoms with Crippen molar-refractivity contribution in [2.75, 3.05) is 6.54 Å².